The van der Waals surface area contributed by atoms with Crippen LogP contribution >= 0.6 is 0 Å². The third-order valence-corrected chi connectivity index (χ3v) is 2.26. The number of carboxylic acids is 1. The Balaban J connectivity index is 2.51. The highest BCUT2D eigenvalue weighted by molar-refractivity contribution is 5.85. The third-order valence-electron chi connectivity index (χ3n) is 2.26. The van der Waals surface area contributed by atoms with Crippen molar-refractivity contribution in [3.63, 3.8) is 0 Å². The van der Waals surface area contributed by atoms with Crippen LogP contribution in [0.4, 0.5) is 4.39 Å². The van der Waals surface area contributed by atoms with E-state index in [0.717, 1.165) is 25.7 Å². The van der Waals surface area contributed by atoms with E-state index in [1.165, 1.54) is 0 Å². The van der Waals surface area contributed by atoms with Gasteiger partial charge in [-0.25, -0.2) is 9.18 Å². The van der Waals surface area contributed by atoms with Gasteiger partial charge in [-0.1, -0.05) is 26.2 Å². The molecule has 0 saturated carbocycles. The molecule has 1 heterocycles. The average molecular weight is 214 g/mol. The fourth-order valence-electron chi connectivity index (χ4n) is 1.40. The molecule has 1 aromatic rings. The highest BCUT2D eigenvalue weighted by atomic mass is 19.1. The van der Waals surface area contributed by atoms with Gasteiger partial charge in [0.2, 0.25) is 5.69 Å². The Morgan fingerprint density at radius 1 is 1.47 bits per heavy atom. The van der Waals surface area contributed by atoms with Gasteiger partial charge in [0, 0.05) is 0 Å². The molecule has 4 nitrogen and oxygen atoms in total. The maximum Gasteiger partial charge on any atom is 0.359 e. The van der Waals surface area contributed by atoms with Crippen LogP contribution in [-0.2, 0) is 6.42 Å². The maximum atomic E-state index is 13.3. The van der Waals surface area contributed by atoms with Crippen molar-refractivity contribution in [1.82, 2.24) is 10.2 Å². The molecule has 15 heavy (non-hydrogen) atoms. The molecular weight excluding hydrogens is 199 g/mol. The minimum Gasteiger partial charge on any atom is -0.476 e. The lowest BCUT2D eigenvalue weighted by Crippen LogP contribution is -1.99. The first-order valence-corrected chi connectivity index (χ1v) is 5.12. The number of unbranched alkanes of at least 4 members (excludes halogenated alkanes) is 3. The number of hydrogen-bond donors (Lipinski definition) is 2. The van der Waals surface area contributed by atoms with Crippen LogP contribution in [0.5, 0.6) is 0 Å². The summed E-state index contributed by atoms with van der Waals surface area (Å²) in [4.78, 5) is 10.5. The number of nitrogens with zero attached hydrogens (tertiary/aromatic N) is 1. The summed E-state index contributed by atoms with van der Waals surface area (Å²) in [7, 11) is 0. The molecule has 0 unspecified atom stereocenters. The zero-order chi connectivity index (χ0) is 11.3. The molecule has 0 amide bonds. The number of halogens is 1. The minimum atomic E-state index is -1.33. The predicted octanol–water partition coefficient (Wildman–Crippen LogP) is 2.37. The van der Waals surface area contributed by atoms with Gasteiger partial charge in [0.1, 0.15) is 0 Å². The van der Waals surface area contributed by atoms with Crippen molar-refractivity contribution in [2.45, 2.75) is 39.0 Å². The molecule has 0 bridgehead atoms. The number of aromatic amines is 1. The highest BCUT2D eigenvalue weighted by Crippen LogP contribution is 2.12. The molecule has 0 radical (unpaired) electrons. The Morgan fingerprint density at radius 3 is 2.73 bits per heavy atom. The quantitative estimate of drug-likeness (QED) is 0.714. The van der Waals surface area contributed by atoms with Crippen molar-refractivity contribution in [3.8, 4) is 0 Å². The number of carboxylic acid groups (broad SMARTS) is 1. The van der Waals surface area contributed by atoms with Gasteiger partial charge in [-0.15, -0.1) is 0 Å². The first kappa shape index (κ1) is 11.7. The Kier molecular flexibility index (Phi) is 4.27. The number of aryl methyl sites for hydroxylation is 1. The Hall–Kier alpha value is -1.39. The summed E-state index contributed by atoms with van der Waals surface area (Å²) in [6.45, 7) is 2.10. The van der Waals surface area contributed by atoms with Gasteiger partial charge in [0.25, 0.3) is 0 Å². The number of nitrogens with one attached hydrogen (secondary N) is 1. The van der Waals surface area contributed by atoms with E-state index < -0.39 is 17.5 Å². The molecule has 84 valence electrons. The van der Waals surface area contributed by atoms with Crippen molar-refractivity contribution in [3.05, 3.63) is 17.2 Å². The van der Waals surface area contributed by atoms with E-state index in [2.05, 4.69) is 17.1 Å². The lowest BCUT2D eigenvalue weighted by atomic mass is 10.1. The summed E-state index contributed by atoms with van der Waals surface area (Å²) in [6, 6.07) is 0. The molecule has 5 heteroatoms. The van der Waals surface area contributed by atoms with Crippen LogP contribution in [0.3, 0.4) is 0 Å². The van der Waals surface area contributed by atoms with E-state index >= 15 is 0 Å². The van der Waals surface area contributed by atoms with Crippen molar-refractivity contribution >= 4 is 5.97 Å². The molecule has 0 aromatic carbocycles. The Morgan fingerprint density at radius 2 is 2.20 bits per heavy atom. The first-order valence-electron chi connectivity index (χ1n) is 5.12. The number of hydrogen-bond acceptors (Lipinski definition) is 2. The van der Waals surface area contributed by atoms with E-state index in [9.17, 15) is 9.18 Å². The zero-order valence-corrected chi connectivity index (χ0v) is 8.72. The Labute approximate surface area is 87.5 Å². The smallest absolute Gasteiger partial charge is 0.359 e. The molecule has 0 aliphatic rings. The normalized spacial score (nSPS) is 10.5. The van der Waals surface area contributed by atoms with Gasteiger partial charge in [-0.3, -0.25) is 5.10 Å². The van der Waals surface area contributed by atoms with Crippen LogP contribution in [-0.4, -0.2) is 21.3 Å². The fourth-order valence-corrected chi connectivity index (χ4v) is 1.40. The second kappa shape index (κ2) is 5.48. The fraction of sp³-hybridized carbons (Fsp3) is 0.600. The summed E-state index contributed by atoms with van der Waals surface area (Å²) < 4.78 is 13.3. The second-order valence-electron chi connectivity index (χ2n) is 3.48. The third kappa shape index (κ3) is 3.04. The topological polar surface area (TPSA) is 66.0 Å². The molecule has 1 aromatic heterocycles. The largest absolute Gasteiger partial charge is 0.476 e. The summed E-state index contributed by atoms with van der Waals surface area (Å²) in [5.74, 6) is -2.05. The number of carbonyl (C=O) groups is 1. The van der Waals surface area contributed by atoms with E-state index in [0.29, 0.717) is 12.1 Å². The van der Waals surface area contributed by atoms with E-state index in [-0.39, 0.29) is 0 Å². The average Bonchev–Trinajstić information content (AvgIpc) is 2.55. The molecule has 1 rings (SSSR count). The monoisotopic (exact) mass is 214 g/mol. The minimum absolute atomic E-state index is 0.295. The second-order valence-corrected chi connectivity index (χ2v) is 3.48. The van der Waals surface area contributed by atoms with Gasteiger partial charge in [0.05, 0.1) is 5.69 Å². The van der Waals surface area contributed by atoms with E-state index in [1.54, 1.807) is 0 Å². The summed E-state index contributed by atoms with van der Waals surface area (Å²) in [5.41, 5.74) is -0.219. The van der Waals surface area contributed by atoms with Crippen LogP contribution in [0.1, 0.15) is 48.8 Å². The lowest BCUT2D eigenvalue weighted by molar-refractivity contribution is 0.0685. The molecule has 0 aliphatic heterocycles. The van der Waals surface area contributed by atoms with Crippen LogP contribution in [0.15, 0.2) is 0 Å². The Bertz CT molecular complexity index is 336. The standard InChI is InChI=1S/C10H15FN2O2/c1-2-3-4-5-6-7-8(11)9(10(14)15)13-12-7/h2-6H2,1H3,(H,12,13)(H,14,15). The van der Waals surface area contributed by atoms with Gasteiger partial charge in [-0.2, -0.15) is 5.10 Å². The molecule has 0 spiro atoms. The van der Waals surface area contributed by atoms with Crippen LogP contribution < -0.4 is 0 Å². The number of H-pyrrole nitrogens is 1. The van der Waals surface area contributed by atoms with E-state index in [4.69, 9.17) is 5.11 Å². The highest BCUT2D eigenvalue weighted by Gasteiger charge is 2.17. The first-order chi connectivity index (χ1) is 7.16. The number of aromatic nitrogens is 2. The summed E-state index contributed by atoms with van der Waals surface area (Å²) >= 11 is 0. The van der Waals surface area contributed by atoms with Crippen molar-refractivity contribution < 1.29 is 14.3 Å². The summed E-state index contributed by atoms with van der Waals surface area (Å²) in [6.07, 6.45) is 4.63. The van der Waals surface area contributed by atoms with Gasteiger partial charge in [0.15, 0.2) is 5.82 Å². The molecular formula is C10H15FN2O2. The van der Waals surface area contributed by atoms with E-state index in [1.807, 2.05) is 0 Å². The lowest BCUT2D eigenvalue weighted by Gasteiger charge is -1.97. The van der Waals surface area contributed by atoms with Crippen molar-refractivity contribution in [1.29, 1.82) is 0 Å². The van der Waals surface area contributed by atoms with Gasteiger partial charge in [-0.05, 0) is 12.8 Å². The summed E-state index contributed by atoms with van der Waals surface area (Å²) in [5, 5.41) is 14.4. The van der Waals surface area contributed by atoms with Gasteiger partial charge >= 0.3 is 5.97 Å². The van der Waals surface area contributed by atoms with Crippen molar-refractivity contribution in [2.75, 3.05) is 0 Å². The molecule has 0 atom stereocenters. The van der Waals surface area contributed by atoms with Crippen molar-refractivity contribution in [2.24, 2.45) is 0 Å². The molecule has 2 N–H and O–H groups in total. The molecule has 0 saturated heterocycles. The maximum absolute atomic E-state index is 13.3. The number of rotatable bonds is 6. The predicted molar refractivity (Wildman–Crippen MR) is 53.4 cm³/mol. The van der Waals surface area contributed by atoms with Gasteiger partial charge < -0.3 is 5.11 Å². The SMILES string of the molecule is CCCCCCc1[nH]nc(C(=O)O)c1F. The molecule has 0 aliphatic carbocycles. The van der Waals surface area contributed by atoms with Crippen LogP contribution in [0, 0.1) is 5.82 Å². The number of aromatic carboxylic acids is 1. The zero-order valence-electron chi connectivity index (χ0n) is 8.72. The molecule has 0 fully saturated rings. The van der Waals surface area contributed by atoms with Crippen LogP contribution in [0.25, 0.3) is 0 Å². The van der Waals surface area contributed by atoms with Crippen LogP contribution in [0.2, 0.25) is 0 Å².